The van der Waals surface area contributed by atoms with Gasteiger partial charge in [-0.3, -0.25) is 4.79 Å². The Hall–Kier alpha value is -1.42. The SMILES string of the molecule is NC(=S)CCN(C(=O)CC1CCCC1)c1ccccc1. The molecule has 2 rings (SSSR count). The summed E-state index contributed by atoms with van der Waals surface area (Å²) in [5, 5.41) is 0. The number of carbonyl (C=O) groups is 1. The van der Waals surface area contributed by atoms with Crippen LogP contribution in [0.1, 0.15) is 38.5 Å². The van der Waals surface area contributed by atoms with E-state index in [0.717, 1.165) is 5.69 Å². The standard InChI is InChI=1S/C16H22N2OS/c17-15(20)10-11-18(14-8-2-1-3-9-14)16(19)12-13-6-4-5-7-13/h1-3,8-9,13H,4-7,10-12H2,(H2,17,20). The molecule has 20 heavy (non-hydrogen) atoms. The largest absolute Gasteiger partial charge is 0.393 e. The van der Waals surface area contributed by atoms with Crippen molar-refractivity contribution in [3.63, 3.8) is 0 Å². The molecule has 0 aromatic heterocycles. The van der Waals surface area contributed by atoms with E-state index >= 15 is 0 Å². The predicted molar refractivity (Wildman–Crippen MR) is 86.8 cm³/mol. The quantitative estimate of drug-likeness (QED) is 0.818. The number of hydrogen-bond donors (Lipinski definition) is 1. The molecule has 0 unspecified atom stereocenters. The monoisotopic (exact) mass is 290 g/mol. The number of para-hydroxylation sites is 1. The fraction of sp³-hybridized carbons (Fsp3) is 0.500. The summed E-state index contributed by atoms with van der Waals surface area (Å²) in [5.41, 5.74) is 6.51. The third-order valence-corrected chi connectivity index (χ3v) is 4.09. The smallest absolute Gasteiger partial charge is 0.227 e. The molecule has 4 heteroatoms. The van der Waals surface area contributed by atoms with Crippen molar-refractivity contribution >= 4 is 28.8 Å². The van der Waals surface area contributed by atoms with E-state index in [1.165, 1.54) is 25.7 Å². The van der Waals surface area contributed by atoms with Crippen molar-refractivity contribution in [1.82, 2.24) is 0 Å². The van der Waals surface area contributed by atoms with Crippen LogP contribution in [0.25, 0.3) is 0 Å². The van der Waals surface area contributed by atoms with Crippen molar-refractivity contribution in [2.75, 3.05) is 11.4 Å². The molecule has 1 aromatic rings. The summed E-state index contributed by atoms with van der Waals surface area (Å²) < 4.78 is 0. The highest BCUT2D eigenvalue weighted by atomic mass is 32.1. The molecule has 0 saturated heterocycles. The van der Waals surface area contributed by atoms with Crippen LogP contribution in [0.2, 0.25) is 0 Å². The second-order valence-electron chi connectivity index (χ2n) is 5.45. The molecule has 0 heterocycles. The Balaban J connectivity index is 2.04. The van der Waals surface area contributed by atoms with Crippen LogP contribution >= 0.6 is 12.2 Å². The average Bonchev–Trinajstić information content (AvgIpc) is 2.92. The molecule has 1 saturated carbocycles. The summed E-state index contributed by atoms with van der Waals surface area (Å²) in [5.74, 6) is 0.748. The molecular weight excluding hydrogens is 268 g/mol. The number of benzene rings is 1. The number of anilines is 1. The molecule has 0 radical (unpaired) electrons. The highest BCUT2D eigenvalue weighted by Crippen LogP contribution is 2.29. The van der Waals surface area contributed by atoms with Crippen LogP contribution in [0.15, 0.2) is 30.3 Å². The van der Waals surface area contributed by atoms with Gasteiger partial charge in [0, 0.05) is 25.1 Å². The number of nitrogens with two attached hydrogens (primary N) is 1. The van der Waals surface area contributed by atoms with E-state index in [2.05, 4.69) is 0 Å². The minimum atomic E-state index is 0.194. The Morgan fingerprint density at radius 3 is 2.50 bits per heavy atom. The van der Waals surface area contributed by atoms with Crippen LogP contribution in [0, 0.1) is 5.92 Å². The van der Waals surface area contributed by atoms with E-state index in [9.17, 15) is 4.79 Å². The molecule has 1 amide bonds. The van der Waals surface area contributed by atoms with Crippen molar-refractivity contribution in [1.29, 1.82) is 0 Å². The Bertz CT molecular complexity index is 455. The summed E-state index contributed by atoms with van der Waals surface area (Å²) in [6.07, 6.45) is 6.10. The van der Waals surface area contributed by atoms with Gasteiger partial charge in [0.2, 0.25) is 5.91 Å². The Kier molecular flexibility index (Phi) is 5.53. The number of carbonyl (C=O) groups excluding carboxylic acids is 1. The second kappa shape index (κ2) is 7.39. The van der Waals surface area contributed by atoms with Gasteiger partial charge >= 0.3 is 0 Å². The van der Waals surface area contributed by atoms with Gasteiger partial charge in [-0.2, -0.15) is 0 Å². The fourth-order valence-corrected chi connectivity index (χ4v) is 2.89. The Labute approximate surface area is 126 Å². The van der Waals surface area contributed by atoms with Crippen LogP contribution < -0.4 is 10.6 Å². The van der Waals surface area contributed by atoms with Gasteiger partial charge in [-0.1, -0.05) is 43.3 Å². The number of hydrogen-bond acceptors (Lipinski definition) is 2. The summed E-state index contributed by atoms with van der Waals surface area (Å²) in [4.78, 5) is 14.8. The van der Waals surface area contributed by atoms with E-state index in [4.69, 9.17) is 18.0 Å². The number of rotatable bonds is 6. The first-order valence-corrected chi connectivity index (χ1v) is 7.71. The van der Waals surface area contributed by atoms with Gasteiger partial charge in [-0.05, 0) is 30.9 Å². The Morgan fingerprint density at radius 2 is 1.90 bits per heavy atom. The average molecular weight is 290 g/mol. The van der Waals surface area contributed by atoms with E-state index in [0.29, 0.717) is 30.3 Å². The molecule has 3 nitrogen and oxygen atoms in total. The molecule has 0 atom stereocenters. The van der Waals surface area contributed by atoms with Crippen LogP contribution in [-0.2, 0) is 4.79 Å². The summed E-state index contributed by atoms with van der Waals surface area (Å²) >= 11 is 4.93. The van der Waals surface area contributed by atoms with Gasteiger partial charge in [0.1, 0.15) is 0 Å². The topological polar surface area (TPSA) is 46.3 Å². The van der Waals surface area contributed by atoms with Crippen molar-refractivity contribution < 1.29 is 4.79 Å². The van der Waals surface area contributed by atoms with Gasteiger partial charge < -0.3 is 10.6 Å². The first-order chi connectivity index (χ1) is 9.66. The number of thiocarbonyl (C=S) groups is 1. The molecule has 1 aliphatic carbocycles. The van der Waals surface area contributed by atoms with E-state index < -0.39 is 0 Å². The third-order valence-electron chi connectivity index (χ3n) is 3.89. The summed E-state index contributed by atoms with van der Waals surface area (Å²) in [6, 6.07) is 9.78. The lowest BCUT2D eigenvalue weighted by Gasteiger charge is -2.24. The van der Waals surface area contributed by atoms with Crippen LogP contribution in [0.4, 0.5) is 5.69 Å². The Morgan fingerprint density at radius 1 is 1.25 bits per heavy atom. The fourth-order valence-electron chi connectivity index (χ4n) is 2.80. The molecule has 0 spiro atoms. The lowest BCUT2D eigenvalue weighted by atomic mass is 10.0. The van der Waals surface area contributed by atoms with Gasteiger partial charge in [0.05, 0.1) is 4.99 Å². The molecule has 2 N–H and O–H groups in total. The first kappa shape index (κ1) is 15.0. The summed E-state index contributed by atoms with van der Waals surface area (Å²) in [7, 11) is 0. The third kappa shape index (κ3) is 4.30. The zero-order chi connectivity index (χ0) is 14.4. The van der Waals surface area contributed by atoms with Crippen molar-refractivity contribution in [2.45, 2.75) is 38.5 Å². The van der Waals surface area contributed by atoms with E-state index in [1.54, 1.807) is 0 Å². The predicted octanol–water partition coefficient (Wildman–Crippen LogP) is 3.28. The maximum Gasteiger partial charge on any atom is 0.227 e. The number of amides is 1. The van der Waals surface area contributed by atoms with Crippen molar-refractivity contribution in [3.8, 4) is 0 Å². The minimum Gasteiger partial charge on any atom is -0.393 e. The lowest BCUT2D eigenvalue weighted by molar-refractivity contribution is -0.119. The van der Waals surface area contributed by atoms with Crippen molar-refractivity contribution in [3.05, 3.63) is 30.3 Å². The number of nitrogens with zero attached hydrogens (tertiary/aromatic N) is 1. The zero-order valence-corrected chi connectivity index (χ0v) is 12.6. The van der Waals surface area contributed by atoms with Crippen molar-refractivity contribution in [2.24, 2.45) is 11.7 Å². The maximum absolute atomic E-state index is 12.6. The van der Waals surface area contributed by atoms with E-state index in [-0.39, 0.29) is 5.91 Å². The van der Waals surface area contributed by atoms with Gasteiger partial charge in [0.25, 0.3) is 0 Å². The second-order valence-corrected chi connectivity index (χ2v) is 5.98. The van der Waals surface area contributed by atoms with Crippen LogP contribution in [0.5, 0.6) is 0 Å². The van der Waals surface area contributed by atoms with Gasteiger partial charge in [-0.15, -0.1) is 0 Å². The minimum absolute atomic E-state index is 0.194. The highest BCUT2D eigenvalue weighted by molar-refractivity contribution is 7.80. The normalized spacial score (nSPS) is 15.2. The highest BCUT2D eigenvalue weighted by Gasteiger charge is 2.22. The first-order valence-electron chi connectivity index (χ1n) is 7.30. The van der Waals surface area contributed by atoms with E-state index in [1.807, 2.05) is 35.2 Å². The molecule has 0 aliphatic heterocycles. The van der Waals surface area contributed by atoms with Gasteiger partial charge in [0.15, 0.2) is 0 Å². The molecule has 1 aromatic carbocycles. The lowest BCUT2D eigenvalue weighted by Crippen LogP contribution is -2.34. The van der Waals surface area contributed by atoms with Gasteiger partial charge in [-0.25, -0.2) is 0 Å². The molecule has 1 fully saturated rings. The molecule has 108 valence electrons. The zero-order valence-electron chi connectivity index (χ0n) is 11.8. The molecular formula is C16H22N2OS. The van der Waals surface area contributed by atoms with Crippen LogP contribution in [-0.4, -0.2) is 17.4 Å². The molecule has 1 aliphatic rings. The van der Waals surface area contributed by atoms with Crippen LogP contribution in [0.3, 0.4) is 0 Å². The summed E-state index contributed by atoms with van der Waals surface area (Å²) in [6.45, 7) is 0.574. The molecule has 0 bridgehead atoms. The maximum atomic E-state index is 12.6.